The molecule has 6 heteroatoms. The Balaban J connectivity index is 2.13. The smallest absolute Gasteiger partial charge is 0.174 e. The van der Waals surface area contributed by atoms with Crippen LogP contribution in [0.2, 0.25) is 0 Å². The van der Waals surface area contributed by atoms with Crippen molar-refractivity contribution in [2.24, 2.45) is 0 Å². The van der Waals surface area contributed by atoms with Crippen LogP contribution < -0.4 is 5.32 Å². The Morgan fingerprint density at radius 2 is 2.29 bits per heavy atom. The molecule has 0 atom stereocenters. The van der Waals surface area contributed by atoms with E-state index in [0.717, 1.165) is 21.3 Å². The number of nitrogens with one attached hydrogen (secondary N) is 1. The Bertz CT molecular complexity index is 474. The average Bonchev–Trinajstić information content (AvgIpc) is 2.78. The van der Waals surface area contributed by atoms with Crippen LogP contribution >= 0.6 is 23.3 Å². The number of halogens is 1. The van der Waals surface area contributed by atoms with Gasteiger partial charge in [0.05, 0.1) is 0 Å². The van der Waals surface area contributed by atoms with Crippen LogP contribution in [-0.2, 0) is 6.54 Å². The molecule has 1 aromatic heterocycles. The Morgan fingerprint density at radius 3 is 3.00 bits per heavy atom. The van der Waals surface area contributed by atoms with Crippen molar-refractivity contribution >= 4 is 23.3 Å². The molecule has 0 unspecified atom stereocenters. The number of hydrogen-bond donors (Lipinski definition) is 1. The lowest BCUT2D eigenvalue weighted by Gasteiger charge is -2.05. The van der Waals surface area contributed by atoms with Crippen molar-refractivity contribution in [1.82, 2.24) is 14.7 Å². The van der Waals surface area contributed by atoms with E-state index in [1.165, 1.54) is 35.7 Å². The second-order valence-electron chi connectivity index (χ2n) is 3.38. The summed E-state index contributed by atoms with van der Waals surface area (Å²) >= 11 is 2.74. The van der Waals surface area contributed by atoms with E-state index in [1.807, 2.05) is 13.0 Å². The van der Waals surface area contributed by atoms with E-state index in [4.69, 9.17) is 0 Å². The summed E-state index contributed by atoms with van der Waals surface area (Å²) in [7, 11) is 0. The topological polar surface area (TPSA) is 37.8 Å². The minimum absolute atomic E-state index is 0.215. The van der Waals surface area contributed by atoms with Crippen molar-refractivity contribution in [2.45, 2.75) is 22.7 Å². The monoisotopic (exact) mass is 269 g/mol. The first kappa shape index (κ1) is 12.5. The first-order valence-electron chi connectivity index (χ1n) is 5.22. The SMILES string of the molecule is CCNCc1cc(F)cc(Sc2ncns2)c1. The fourth-order valence-corrected chi connectivity index (χ4v) is 2.89. The van der Waals surface area contributed by atoms with E-state index >= 15 is 0 Å². The normalized spacial score (nSPS) is 10.7. The standard InChI is InChI=1S/C11H12FN3S2/c1-2-13-6-8-3-9(12)5-10(4-8)16-11-14-7-15-17-11/h3-5,7,13H,2,6H2,1H3. The molecule has 0 saturated carbocycles. The van der Waals surface area contributed by atoms with Crippen LogP contribution in [0.25, 0.3) is 0 Å². The Hall–Kier alpha value is -0.980. The maximum Gasteiger partial charge on any atom is 0.174 e. The summed E-state index contributed by atoms with van der Waals surface area (Å²) in [6.45, 7) is 3.57. The largest absolute Gasteiger partial charge is 0.313 e. The van der Waals surface area contributed by atoms with Crippen LogP contribution in [0.1, 0.15) is 12.5 Å². The molecule has 2 rings (SSSR count). The summed E-state index contributed by atoms with van der Waals surface area (Å²) in [6.07, 6.45) is 1.51. The summed E-state index contributed by atoms with van der Waals surface area (Å²) in [5, 5.41) is 3.18. The van der Waals surface area contributed by atoms with Crippen LogP contribution in [-0.4, -0.2) is 15.9 Å². The molecule has 0 fully saturated rings. The van der Waals surface area contributed by atoms with Gasteiger partial charge in [0, 0.05) is 11.4 Å². The number of nitrogens with zero attached hydrogens (tertiary/aromatic N) is 2. The maximum absolute atomic E-state index is 13.4. The molecule has 17 heavy (non-hydrogen) atoms. The van der Waals surface area contributed by atoms with Gasteiger partial charge in [0.2, 0.25) is 0 Å². The molecular weight excluding hydrogens is 257 g/mol. The first-order valence-corrected chi connectivity index (χ1v) is 6.81. The third-order valence-electron chi connectivity index (χ3n) is 2.06. The number of benzene rings is 1. The molecule has 1 N–H and O–H groups in total. The average molecular weight is 269 g/mol. The molecule has 1 heterocycles. The minimum atomic E-state index is -0.215. The van der Waals surface area contributed by atoms with Crippen LogP contribution in [0.3, 0.4) is 0 Å². The number of rotatable bonds is 5. The van der Waals surface area contributed by atoms with Gasteiger partial charge in [-0.15, -0.1) is 0 Å². The third-order valence-corrected chi connectivity index (χ3v) is 3.74. The van der Waals surface area contributed by atoms with Gasteiger partial charge in [-0.25, -0.2) is 9.37 Å². The van der Waals surface area contributed by atoms with Gasteiger partial charge in [0.25, 0.3) is 0 Å². The maximum atomic E-state index is 13.4. The first-order chi connectivity index (χ1) is 8.28. The van der Waals surface area contributed by atoms with E-state index in [-0.39, 0.29) is 5.82 Å². The van der Waals surface area contributed by atoms with Gasteiger partial charge in [-0.05, 0) is 41.8 Å². The van der Waals surface area contributed by atoms with Crippen LogP contribution in [0.15, 0.2) is 33.8 Å². The molecule has 2 aromatic rings. The van der Waals surface area contributed by atoms with Crippen molar-refractivity contribution < 1.29 is 4.39 Å². The molecule has 3 nitrogen and oxygen atoms in total. The zero-order chi connectivity index (χ0) is 12.1. The predicted molar refractivity (Wildman–Crippen MR) is 67.8 cm³/mol. The molecule has 0 spiro atoms. The van der Waals surface area contributed by atoms with Gasteiger partial charge in [-0.1, -0.05) is 18.7 Å². The third kappa shape index (κ3) is 3.76. The van der Waals surface area contributed by atoms with Gasteiger partial charge in [-0.2, -0.15) is 4.37 Å². The Kier molecular flexibility index (Phi) is 4.47. The quantitative estimate of drug-likeness (QED) is 0.905. The van der Waals surface area contributed by atoms with Crippen molar-refractivity contribution in [1.29, 1.82) is 0 Å². The Labute approximate surface area is 108 Å². The highest BCUT2D eigenvalue weighted by Gasteiger charge is 2.04. The molecule has 0 aliphatic heterocycles. The molecule has 0 aliphatic carbocycles. The number of aromatic nitrogens is 2. The second kappa shape index (κ2) is 6.09. The van der Waals surface area contributed by atoms with Crippen molar-refractivity contribution in [3.05, 3.63) is 35.9 Å². The van der Waals surface area contributed by atoms with E-state index in [0.29, 0.717) is 6.54 Å². The fraction of sp³-hybridized carbons (Fsp3) is 0.273. The summed E-state index contributed by atoms with van der Waals surface area (Å²) in [5.41, 5.74) is 0.943. The molecule has 0 radical (unpaired) electrons. The highest BCUT2D eigenvalue weighted by molar-refractivity contribution is 8.01. The zero-order valence-electron chi connectivity index (χ0n) is 9.31. The molecule has 0 amide bonds. The summed E-state index contributed by atoms with van der Waals surface area (Å²) in [6, 6.07) is 5.03. The number of hydrogen-bond acceptors (Lipinski definition) is 5. The lowest BCUT2D eigenvalue weighted by molar-refractivity contribution is 0.617. The molecule has 90 valence electrons. The summed E-state index contributed by atoms with van der Waals surface area (Å²) in [4.78, 5) is 4.92. The van der Waals surface area contributed by atoms with E-state index in [1.54, 1.807) is 6.07 Å². The van der Waals surface area contributed by atoms with Crippen molar-refractivity contribution in [3.8, 4) is 0 Å². The van der Waals surface area contributed by atoms with Crippen LogP contribution in [0.4, 0.5) is 4.39 Å². The van der Waals surface area contributed by atoms with E-state index < -0.39 is 0 Å². The molecule has 0 aliphatic rings. The minimum Gasteiger partial charge on any atom is -0.313 e. The highest BCUT2D eigenvalue weighted by Crippen LogP contribution is 2.29. The molecular formula is C11H12FN3S2. The van der Waals surface area contributed by atoms with E-state index in [9.17, 15) is 4.39 Å². The molecule has 0 bridgehead atoms. The summed E-state index contributed by atoms with van der Waals surface area (Å²) < 4.78 is 18.2. The van der Waals surface area contributed by atoms with Gasteiger partial charge >= 0.3 is 0 Å². The molecule has 0 saturated heterocycles. The Morgan fingerprint density at radius 1 is 1.41 bits per heavy atom. The van der Waals surface area contributed by atoms with Gasteiger partial charge in [0.15, 0.2) is 4.34 Å². The lowest BCUT2D eigenvalue weighted by Crippen LogP contribution is -2.11. The lowest BCUT2D eigenvalue weighted by atomic mass is 10.2. The summed E-state index contributed by atoms with van der Waals surface area (Å²) in [5.74, 6) is -0.215. The van der Waals surface area contributed by atoms with Crippen molar-refractivity contribution in [2.75, 3.05) is 6.54 Å². The highest BCUT2D eigenvalue weighted by atomic mass is 32.2. The van der Waals surface area contributed by atoms with Gasteiger partial charge in [-0.3, -0.25) is 0 Å². The fourth-order valence-electron chi connectivity index (χ4n) is 1.36. The van der Waals surface area contributed by atoms with E-state index in [2.05, 4.69) is 14.7 Å². The van der Waals surface area contributed by atoms with Crippen LogP contribution in [0.5, 0.6) is 0 Å². The second-order valence-corrected chi connectivity index (χ2v) is 5.49. The van der Waals surface area contributed by atoms with Crippen LogP contribution in [0, 0.1) is 5.82 Å². The predicted octanol–water partition coefficient (Wildman–Crippen LogP) is 2.94. The zero-order valence-corrected chi connectivity index (χ0v) is 10.9. The van der Waals surface area contributed by atoms with Gasteiger partial charge in [0.1, 0.15) is 12.1 Å². The molecule has 1 aromatic carbocycles. The van der Waals surface area contributed by atoms with Crippen molar-refractivity contribution in [3.63, 3.8) is 0 Å². The van der Waals surface area contributed by atoms with Gasteiger partial charge < -0.3 is 5.32 Å².